The molecule has 0 saturated heterocycles. The van der Waals surface area contributed by atoms with Crippen molar-refractivity contribution in [1.82, 2.24) is 5.32 Å². The van der Waals surface area contributed by atoms with E-state index in [1.165, 1.54) is 18.2 Å². The third-order valence-electron chi connectivity index (χ3n) is 3.55. The molecule has 0 radical (unpaired) electrons. The van der Waals surface area contributed by atoms with Crippen molar-refractivity contribution in [2.24, 2.45) is 0 Å². The van der Waals surface area contributed by atoms with Crippen LogP contribution in [-0.4, -0.2) is 25.5 Å². The number of aryl methyl sites for hydroxylation is 1. The maximum Gasteiger partial charge on any atom is 0.339 e. The van der Waals surface area contributed by atoms with E-state index in [0.717, 1.165) is 0 Å². The van der Waals surface area contributed by atoms with Gasteiger partial charge in [-0.2, -0.15) is 0 Å². The zero-order valence-corrected chi connectivity index (χ0v) is 14.0. The molecule has 0 bridgehead atoms. The molecule has 2 N–H and O–H groups in total. The smallest absolute Gasteiger partial charge is 0.339 e. The molecule has 0 aromatic heterocycles. The Labute approximate surface area is 142 Å². The van der Waals surface area contributed by atoms with Gasteiger partial charge in [-0.1, -0.05) is 42.0 Å². The SMILES string of the molecule is COC(=O)c1ccccc1NC(=O)CCNCc1cccc(C)c1. The fourth-order valence-corrected chi connectivity index (χ4v) is 2.35. The Morgan fingerprint density at radius 1 is 1.08 bits per heavy atom. The highest BCUT2D eigenvalue weighted by Crippen LogP contribution is 2.16. The Morgan fingerprint density at radius 3 is 2.62 bits per heavy atom. The Balaban J connectivity index is 1.81. The summed E-state index contributed by atoms with van der Waals surface area (Å²) in [5.74, 6) is -0.619. The van der Waals surface area contributed by atoms with Gasteiger partial charge in [-0.05, 0) is 24.6 Å². The number of hydrogen-bond acceptors (Lipinski definition) is 4. The lowest BCUT2D eigenvalue weighted by atomic mass is 10.1. The third-order valence-corrected chi connectivity index (χ3v) is 3.55. The highest BCUT2D eigenvalue weighted by molar-refractivity contribution is 6.01. The molecule has 0 fully saturated rings. The minimum absolute atomic E-state index is 0.150. The molecular weight excluding hydrogens is 304 g/mol. The second-order valence-corrected chi connectivity index (χ2v) is 5.50. The number of carbonyl (C=O) groups is 2. The van der Waals surface area contributed by atoms with Gasteiger partial charge in [-0.15, -0.1) is 0 Å². The Bertz CT molecular complexity index is 713. The van der Waals surface area contributed by atoms with Gasteiger partial charge in [0.15, 0.2) is 0 Å². The van der Waals surface area contributed by atoms with E-state index < -0.39 is 5.97 Å². The fourth-order valence-electron chi connectivity index (χ4n) is 2.35. The molecular formula is C19H22N2O3. The van der Waals surface area contributed by atoms with Gasteiger partial charge < -0.3 is 15.4 Å². The first-order valence-electron chi connectivity index (χ1n) is 7.83. The molecule has 0 aliphatic heterocycles. The zero-order chi connectivity index (χ0) is 17.4. The first-order valence-corrected chi connectivity index (χ1v) is 7.83. The predicted octanol–water partition coefficient (Wildman–Crippen LogP) is 2.90. The molecule has 24 heavy (non-hydrogen) atoms. The second kappa shape index (κ2) is 8.84. The van der Waals surface area contributed by atoms with E-state index in [0.29, 0.717) is 30.8 Å². The standard InChI is InChI=1S/C19H22N2O3/c1-14-6-5-7-15(12-14)13-20-11-10-18(22)21-17-9-4-3-8-16(17)19(23)24-2/h3-9,12,20H,10-11,13H2,1-2H3,(H,21,22). The van der Waals surface area contributed by atoms with Gasteiger partial charge in [0.25, 0.3) is 0 Å². The third kappa shape index (κ3) is 5.21. The molecule has 5 heteroatoms. The Kier molecular flexibility index (Phi) is 6.51. The number of anilines is 1. The number of esters is 1. The monoisotopic (exact) mass is 326 g/mol. The van der Waals surface area contributed by atoms with Crippen LogP contribution >= 0.6 is 0 Å². The van der Waals surface area contributed by atoms with E-state index in [9.17, 15) is 9.59 Å². The van der Waals surface area contributed by atoms with Crippen molar-refractivity contribution in [3.05, 3.63) is 65.2 Å². The summed E-state index contributed by atoms with van der Waals surface area (Å²) in [7, 11) is 1.32. The van der Waals surface area contributed by atoms with Crippen molar-refractivity contribution in [3.63, 3.8) is 0 Å². The molecule has 0 atom stereocenters. The van der Waals surface area contributed by atoms with Gasteiger partial charge in [0.1, 0.15) is 0 Å². The van der Waals surface area contributed by atoms with E-state index in [2.05, 4.69) is 29.7 Å². The first kappa shape index (κ1) is 17.7. The molecule has 0 unspecified atom stereocenters. The van der Waals surface area contributed by atoms with E-state index >= 15 is 0 Å². The molecule has 0 spiro atoms. The lowest BCUT2D eigenvalue weighted by Gasteiger charge is -2.10. The predicted molar refractivity (Wildman–Crippen MR) is 93.9 cm³/mol. The lowest BCUT2D eigenvalue weighted by Crippen LogP contribution is -2.22. The summed E-state index contributed by atoms with van der Waals surface area (Å²) >= 11 is 0. The number of rotatable bonds is 7. The number of methoxy groups -OCH3 is 1. The first-order chi connectivity index (χ1) is 11.6. The number of hydrogen-bond donors (Lipinski definition) is 2. The number of carbonyl (C=O) groups excluding carboxylic acids is 2. The highest BCUT2D eigenvalue weighted by Gasteiger charge is 2.12. The van der Waals surface area contributed by atoms with Crippen LogP contribution in [0.25, 0.3) is 0 Å². The number of ether oxygens (including phenoxy) is 1. The summed E-state index contributed by atoms with van der Waals surface area (Å²) in [5.41, 5.74) is 3.21. The summed E-state index contributed by atoms with van der Waals surface area (Å²) in [6, 6.07) is 15.0. The van der Waals surface area contributed by atoms with Crippen LogP contribution in [0.3, 0.4) is 0 Å². The lowest BCUT2D eigenvalue weighted by molar-refractivity contribution is -0.116. The van der Waals surface area contributed by atoms with Crippen LogP contribution < -0.4 is 10.6 Å². The van der Waals surface area contributed by atoms with E-state index in [-0.39, 0.29) is 5.91 Å². The van der Waals surface area contributed by atoms with Crippen molar-refractivity contribution in [1.29, 1.82) is 0 Å². The van der Waals surface area contributed by atoms with E-state index in [1.54, 1.807) is 24.3 Å². The number of amides is 1. The van der Waals surface area contributed by atoms with Crippen molar-refractivity contribution >= 4 is 17.6 Å². The van der Waals surface area contributed by atoms with Gasteiger partial charge in [-0.3, -0.25) is 4.79 Å². The normalized spacial score (nSPS) is 10.2. The molecule has 2 aromatic carbocycles. The topological polar surface area (TPSA) is 67.4 Å². The molecule has 2 rings (SSSR count). The number of para-hydroxylation sites is 1. The summed E-state index contributed by atoms with van der Waals surface area (Å²) in [5, 5.41) is 6.00. The van der Waals surface area contributed by atoms with Crippen LogP contribution in [0.1, 0.15) is 27.9 Å². The van der Waals surface area contributed by atoms with Gasteiger partial charge >= 0.3 is 5.97 Å². The molecule has 5 nitrogen and oxygen atoms in total. The molecule has 1 amide bonds. The maximum absolute atomic E-state index is 12.0. The molecule has 0 aliphatic rings. The number of benzene rings is 2. The van der Waals surface area contributed by atoms with Crippen LogP contribution in [-0.2, 0) is 16.1 Å². The number of nitrogens with one attached hydrogen (secondary N) is 2. The maximum atomic E-state index is 12.0. The van der Waals surface area contributed by atoms with E-state index in [1.807, 2.05) is 12.1 Å². The largest absolute Gasteiger partial charge is 0.465 e. The molecule has 2 aromatic rings. The molecule has 0 saturated carbocycles. The van der Waals surface area contributed by atoms with Crippen LogP contribution in [0.4, 0.5) is 5.69 Å². The van der Waals surface area contributed by atoms with Crippen LogP contribution in [0.5, 0.6) is 0 Å². The minimum Gasteiger partial charge on any atom is -0.465 e. The summed E-state index contributed by atoms with van der Waals surface area (Å²) < 4.78 is 4.71. The van der Waals surface area contributed by atoms with Gasteiger partial charge in [0.05, 0.1) is 18.4 Å². The quantitative estimate of drug-likeness (QED) is 0.606. The highest BCUT2D eigenvalue weighted by atomic mass is 16.5. The second-order valence-electron chi connectivity index (χ2n) is 5.50. The van der Waals surface area contributed by atoms with Crippen molar-refractivity contribution < 1.29 is 14.3 Å². The van der Waals surface area contributed by atoms with E-state index in [4.69, 9.17) is 4.74 Å². The zero-order valence-electron chi connectivity index (χ0n) is 14.0. The fraction of sp³-hybridized carbons (Fsp3) is 0.263. The Morgan fingerprint density at radius 2 is 1.88 bits per heavy atom. The minimum atomic E-state index is -0.469. The summed E-state index contributed by atoms with van der Waals surface area (Å²) in [6.07, 6.45) is 0.321. The van der Waals surface area contributed by atoms with Crippen molar-refractivity contribution in [2.75, 3.05) is 19.0 Å². The average Bonchev–Trinajstić information content (AvgIpc) is 2.58. The van der Waals surface area contributed by atoms with Crippen LogP contribution in [0.2, 0.25) is 0 Å². The Hall–Kier alpha value is -2.66. The molecule has 0 aliphatic carbocycles. The van der Waals surface area contributed by atoms with Crippen LogP contribution in [0, 0.1) is 6.92 Å². The van der Waals surface area contributed by atoms with Crippen molar-refractivity contribution in [2.45, 2.75) is 19.9 Å². The average molecular weight is 326 g/mol. The van der Waals surface area contributed by atoms with Gasteiger partial charge in [0.2, 0.25) is 5.91 Å². The summed E-state index contributed by atoms with van der Waals surface area (Å²) in [6.45, 7) is 3.32. The molecule has 126 valence electrons. The molecule has 0 heterocycles. The van der Waals surface area contributed by atoms with Gasteiger partial charge in [0, 0.05) is 19.5 Å². The van der Waals surface area contributed by atoms with Crippen molar-refractivity contribution in [3.8, 4) is 0 Å². The van der Waals surface area contributed by atoms with Crippen LogP contribution in [0.15, 0.2) is 48.5 Å². The van der Waals surface area contributed by atoms with Gasteiger partial charge in [-0.25, -0.2) is 4.79 Å². The summed E-state index contributed by atoms with van der Waals surface area (Å²) in [4.78, 5) is 23.7.